The van der Waals surface area contributed by atoms with Crippen LogP contribution in [0.25, 0.3) is 0 Å². The first-order valence-corrected chi connectivity index (χ1v) is 14.2. The van der Waals surface area contributed by atoms with Gasteiger partial charge in [0.2, 0.25) is 0 Å². The molecule has 4 aliphatic rings. The number of rotatable bonds is 6. The molecule has 7 heteroatoms. The zero-order chi connectivity index (χ0) is 28.0. The average Bonchev–Trinajstić information content (AvgIpc) is 2.98. The van der Waals surface area contributed by atoms with Crippen molar-refractivity contribution in [2.75, 3.05) is 32.7 Å². The molecule has 4 saturated heterocycles. The van der Waals surface area contributed by atoms with E-state index >= 15 is 0 Å². The van der Waals surface area contributed by atoms with Gasteiger partial charge in [-0.25, -0.2) is 4.39 Å². The Morgan fingerprint density at radius 3 is 1.85 bits per heavy atom. The number of carbonyl (C=O) groups excluding carboxylic acids is 2. The van der Waals surface area contributed by atoms with Crippen molar-refractivity contribution in [2.24, 2.45) is 17.8 Å². The maximum absolute atomic E-state index is 15.0. The first-order valence-electron chi connectivity index (χ1n) is 14.2. The molecule has 4 aliphatic heterocycles. The molecule has 7 rings (SSSR count). The number of aromatic hydroxyl groups is 2. The summed E-state index contributed by atoms with van der Waals surface area (Å²) in [7, 11) is 0. The van der Waals surface area contributed by atoms with E-state index in [0.717, 1.165) is 32.5 Å². The molecule has 208 valence electrons. The Bertz CT molecular complexity index is 1370. The van der Waals surface area contributed by atoms with Crippen LogP contribution in [0.5, 0.6) is 11.5 Å². The molecular weight excluding hydrogens is 507 g/mol. The zero-order valence-electron chi connectivity index (χ0n) is 22.7. The summed E-state index contributed by atoms with van der Waals surface area (Å²) in [6, 6.07) is 17.8. The minimum absolute atomic E-state index is 0.00165. The summed E-state index contributed by atoms with van der Waals surface area (Å²) < 4.78 is 15.0. The summed E-state index contributed by atoms with van der Waals surface area (Å²) >= 11 is 0. The van der Waals surface area contributed by atoms with Crippen molar-refractivity contribution in [1.82, 2.24) is 9.80 Å². The molecular formula is C33H35FN2O4. The number of ketones is 2. The number of fused-ring (bicyclic) bond motifs is 3. The molecule has 0 radical (unpaired) electrons. The zero-order valence-corrected chi connectivity index (χ0v) is 22.7. The normalized spacial score (nSPS) is 28.4. The lowest BCUT2D eigenvalue weighted by Crippen LogP contribution is -2.62. The van der Waals surface area contributed by atoms with Gasteiger partial charge in [-0.2, -0.15) is 0 Å². The van der Waals surface area contributed by atoms with Crippen molar-refractivity contribution in [3.8, 4) is 11.5 Å². The number of piperidine rings is 4. The number of likely N-dealkylation sites (tertiary alicyclic amines) is 1. The lowest BCUT2D eigenvalue weighted by atomic mass is 9.67. The van der Waals surface area contributed by atoms with Crippen LogP contribution in [0, 0.1) is 30.5 Å². The number of carbonyl (C=O) groups is 2. The van der Waals surface area contributed by atoms with Crippen molar-refractivity contribution < 1.29 is 24.2 Å². The minimum Gasteiger partial charge on any atom is -0.508 e. The SMILES string of the molecule is Cc1c(F)cccc1[C@H]1[C@@H](C(=O)c2cccc(O)c2)CN([C@H]2CN3CCC2CC3)C[C@H]1C(=O)c1cccc(O)c1. The van der Waals surface area contributed by atoms with Gasteiger partial charge in [0.25, 0.3) is 0 Å². The van der Waals surface area contributed by atoms with Crippen LogP contribution in [0.1, 0.15) is 50.6 Å². The van der Waals surface area contributed by atoms with E-state index in [0.29, 0.717) is 41.3 Å². The molecule has 40 heavy (non-hydrogen) atoms. The largest absolute Gasteiger partial charge is 0.508 e. The van der Waals surface area contributed by atoms with E-state index < -0.39 is 17.8 Å². The minimum atomic E-state index is -0.627. The van der Waals surface area contributed by atoms with Gasteiger partial charge >= 0.3 is 0 Å². The maximum atomic E-state index is 15.0. The van der Waals surface area contributed by atoms with E-state index in [9.17, 15) is 24.2 Å². The molecule has 4 heterocycles. The topological polar surface area (TPSA) is 81.1 Å². The maximum Gasteiger partial charge on any atom is 0.167 e. The molecule has 3 aromatic carbocycles. The van der Waals surface area contributed by atoms with Crippen molar-refractivity contribution in [1.29, 1.82) is 0 Å². The molecule has 0 aromatic heterocycles. The number of Topliss-reactive ketones (excluding diaryl/α,β-unsaturated/α-hetero) is 2. The fourth-order valence-corrected chi connectivity index (χ4v) is 7.36. The number of nitrogens with zero attached hydrogens (tertiary/aromatic N) is 2. The van der Waals surface area contributed by atoms with E-state index in [2.05, 4.69) is 9.80 Å². The second kappa shape index (κ2) is 10.8. The van der Waals surface area contributed by atoms with Crippen molar-refractivity contribution in [3.05, 3.63) is 94.8 Å². The van der Waals surface area contributed by atoms with Crippen LogP contribution in [-0.2, 0) is 0 Å². The van der Waals surface area contributed by atoms with Gasteiger partial charge in [-0.1, -0.05) is 36.4 Å². The van der Waals surface area contributed by atoms with Crippen LogP contribution in [-0.4, -0.2) is 70.3 Å². The molecule has 3 aromatic rings. The van der Waals surface area contributed by atoms with Gasteiger partial charge in [0.1, 0.15) is 17.3 Å². The van der Waals surface area contributed by atoms with E-state index in [4.69, 9.17) is 0 Å². The highest BCUT2D eigenvalue weighted by atomic mass is 19.1. The molecule has 2 bridgehead atoms. The predicted molar refractivity (Wildman–Crippen MR) is 150 cm³/mol. The van der Waals surface area contributed by atoms with Crippen LogP contribution < -0.4 is 0 Å². The van der Waals surface area contributed by atoms with Crippen molar-refractivity contribution in [2.45, 2.75) is 31.7 Å². The van der Waals surface area contributed by atoms with Crippen LogP contribution in [0.15, 0.2) is 66.7 Å². The third-order valence-corrected chi connectivity index (χ3v) is 9.42. The molecule has 0 spiro atoms. The summed E-state index contributed by atoms with van der Waals surface area (Å²) in [5.41, 5.74) is 1.85. The van der Waals surface area contributed by atoms with Crippen molar-refractivity contribution in [3.63, 3.8) is 0 Å². The molecule has 4 fully saturated rings. The second-order valence-electron chi connectivity index (χ2n) is 11.7. The summed E-state index contributed by atoms with van der Waals surface area (Å²) in [5.74, 6) is -2.01. The summed E-state index contributed by atoms with van der Waals surface area (Å²) in [4.78, 5) is 33.4. The molecule has 4 atom stereocenters. The molecule has 0 amide bonds. The molecule has 2 N–H and O–H groups in total. The fourth-order valence-electron chi connectivity index (χ4n) is 7.36. The van der Waals surface area contributed by atoms with Gasteiger partial charge in [-0.3, -0.25) is 14.5 Å². The van der Waals surface area contributed by atoms with E-state index in [1.807, 2.05) is 6.07 Å². The third kappa shape index (κ3) is 4.93. The van der Waals surface area contributed by atoms with Gasteiger partial charge in [0, 0.05) is 54.6 Å². The summed E-state index contributed by atoms with van der Waals surface area (Å²) in [6.45, 7) is 5.68. The lowest BCUT2D eigenvalue weighted by Gasteiger charge is -2.53. The quantitative estimate of drug-likeness (QED) is 0.425. The van der Waals surface area contributed by atoms with E-state index in [1.54, 1.807) is 37.3 Å². The van der Waals surface area contributed by atoms with Crippen LogP contribution in [0.3, 0.4) is 0 Å². The summed E-state index contributed by atoms with van der Waals surface area (Å²) in [5, 5.41) is 20.3. The molecule has 6 nitrogen and oxygen atoms in total. The standard InChI is InChI=1S/C33H35FN2O4/c1-20-26(9-4-10-29(20)34)31-27(32(39)22-5-2-7-24(37)15-22)17-36(30-19-35-13-11-21(30)12-14-35)18-28(31)33(40)23-6-3-8-25(38)16-23/h2-10,15-16,21,27-28,30-31,37-38H,11-14,17-19H2,1H3/t27-,28+,30-,31-/m0/s1. The Hall–Kier alpha value is -3.55. The highest BCUT2D eigenvalue weighted by molar-refractivity contribution is 6.02. The van der Waals surface area contributed by atoms with Gasteiger partial charge in [0.15, 0.2) is 11.6 Å². The Balaban J connectivity index is 1.48. The van der Waals surface area contributed by atoms with Gasteiger partial charge < -0.3 is 15.1 Å². The van der Waals surface area contributed by atoms with E-state index in [1.165, 1.54) is 30.3 Å². The third-order valence-electron chi connectivity index (χ3n) is 9.42. The number of hydrogen-bond acceptors (Lipinski definition) is 6. The molecule has 0 unspecified atom stereocenters. The first-order chi connectivity index (χ1) is 19.3. The molecule has 0 saturated carbocycles. The number of benzene rings is 3. The Morgan fingerprint density at radius 2 is 1.35 bits per heavy atom. The average molecular weight is 543 g/mol. The summed E-state index contributed by atoms with van der Waals surface area (Å²) in [6.07, 6.45) is 2.20. The van der Waals surface area contributed by atoms with Gasteiger partial charge in [-0.05, 0) is 80.2 Å². The van der Waals surface area contributed by atoms with Crippen molar-refractivity contribution >= 4 is 11.6 Å². The van der Waals surface area contributed by atoms with Gasteiger partial charge in [-0.15, -0.1) is 0 Å². The highest BCUT2D eigenvalue weighted by Crippen LogP contribution is 2.45. The van der Waals surface area contributed by atoms with Gasteiger partial charge in [0.05, 0.1) is 0 Å². The fraction of sp³-hybridized carbons (Fsp3) is 0.394. The monoisotopic (exact) mass is 542 g/mol. The Morgan fingerprint density at radius 1 is 0.800 bits per heavy atom. The smallest absolute Gasteiger partial charge is 0.167 e. The number of hydrogen-bond donors (Lipinski definition) is 2. The number of phenols is 2. The molecule has 0 aliphatic carbocycles. The van der Waals surface area contributed by atoms with Crippen LogP contribution in [0.2, 0.25) is 0 Å². The van der Waals surface area contributed by atoms with Crippen LogP contribution in [0.4, 0.5) is 4.39 Å². The Kier molecular flexibility index (Phi) is 7.19. The van der Waals surface area contributed by atoms with E-state index in [-0.39, 0.29) is 34.9 Å². The second-order valence-corrected chi connectivity index (χ2v) is 11.7. The van der Waals surface area contributed by atoms with Crippen LogP contribution >= 0.6 is 0 Å². The first kappa shape index (κ1) is 26.7. The number of phenolic OH excluding ortho intramolecular Hbond substituents is 2. The number of halogens is 1. The highest BCUT2D eigenvalue weighted by Gasteiger charge is 2.49. The Labute approximate surface area is 234 Å². The predicted octanol–water partition coefficient (Wildman–Crippen LogP) is 5.04. The lowest BCUT2D eigenvalue weighted by molar-refractivity contribution is -0.0245.